The Bertz CT molecular complexity index is 989. The van der Waals surface area contributed by atoms with Crippen LogP contribution in [0.15, 0.2) is 82.7 Å². The van der Waals surface area contributed by atoms with Gasteiger partial charge in [0, 0.05) is 17.3 Å². The lowest BCUT2D eigenvalue weighted by Crippen LogP contribution is -2.11. The van der Waals surface area contributed by atoms with Gasteiger partial charge in [-0.1, -0.05) is 60.7 Å². The van der Waals surface area contributed by atoms with E-state index in [9.17, 15) is 4.79 Å². The van der Waals surface area contributed by atoms with E-state index < -0.39 is 0 Å². The van der Waals surface area contributed by atoms with Crippen molar-refractivity contribution in [2.24, 2.45) is 5.10 Å². The Balaban J connectivity index is 1.97. The van der Waals surface area contributed by atoms with Crippen molar-refractivity contribution in [3.8, 4) is 0 Å². The highest BCUT2D eigenvalue weighted by atomic mass is 16.1. The molecule has 2 aromatic carbocycles. The summed E-state index contributed by atoms with van der Waals surface area (Å²) in [6.45, 7) is 3.81. The second-order valence-corrected chi connectivity index (χ2v) is 5.90. The first-order valence-electron chi connectivity index (χ1n) is 8.32. The number of hydrogen-bond acceptors (Lipinski definition) is 4. The monoisotopic (exact) mass is 344 g/mol. The third-order valence-corrected chi connectivity index (χ3v) is 3.80. The number of aromatic amines is 1. The Morgan fingerprint density at radius 3 is 2.27 bits per heavy atom. The first kappa shape index (κ1) is 17.4. The molecule has 0 aliphatic rings. The van der Waals surface area contributed by atoms with E-state index in [1.165, 1.54) is 6.07 Å². The lowest BCUT2D eigenvalue weighted by Gasteiger charge is -2.07. The average molecular weight is 344 g/mol. The number of rotatable bonds is 5. The number of allylic oxidation sites excluding steroid dienone is 2. The number of aryl methyl sites for hydroxylation is 1. The van der Waals surface area contributed by atoms with Crippen LogP contribution in [-0.2, 0) is 0 Å². The minimum absolute atomic E-state index is 0.215. The van der Waals surface area contributed by atoms with Gasteiger partial charge in [0.15, 0.2) is 0 Å². The van der Waals surface area contributed by atoms with Crippen molar-refractivity contribution in [2.75, 3.05) is 5.43 Å². The third kappa shape index (κ3) is 4.54. The highest BCUT2D eigenvalue weighted by Gasteiger charge is 2.04. The molecule has 1 heterocycles. The molecule has 0 saturated carbocycles. The molecule has 3 aromatic rings. The zero-order valence-corrected chi connectivity index (χ0v) is 14.7. The normalized spacial score (nSPS) is 12.1. The van der Waals surface area contributed by atoms with Crippen molar-refractivity contribution in [2.45, 2.75) is 13.8 Å². The number of aromatic nitrogens is 2. The van der Waals surface area contributed by atoms with Gasteiger partial charge in [-0.05, 0) is 31.1 Å². The van der Waals surface area contributed by atoms with E-state index in [0.29, 0.717) is 11.6 Å². The predicted molar refractivity (Wildman–Crippen MR) is 106 cm³/mol. The lowest BCUT2D eigenvalue weighted by atomic mass is 10.0. The summed E-state index contributed by atoms with van der Waals surface area (Å²) < 4.78 is 0. The lowest BCUT2D eigenvalue weighted by molar-refractivity contribution is 1.04. The van der Waals surface area contributed by atoms with Crippen molar-refractivity contribution in [3.05, 3.63) is 100.0 Å². The molecule has 0 aliphatic carbocycles. The van der Waals surface area contributed by atoms with Gasteiger partial charge in [0.1, 0.15) is 0 Å². The molecule has 2 N–H and O–H groups in total. The van der Waals surface area contributed by atoms with E-state index in [1.807, 2.05) is 61.5 Å². The zero-order chi connectivity index (χ0) is 18.4. The van der Waals surface area contributed by atoms with Crippen LogP contribution in [0.5, 0.6) is 0 Å². The Morgan fingerprint density at radius 2 is 1.65 bits per heavy atom. The molecule has 130 valence electrons. The number of benzene rings is 2. The second kappa shape index (κ2) is 8.07. The fourth-order valence-corrected chi connectivity index (χ4v) is 2.52. The summed E-state index contributed by atoms with van der Waals surface area (Å²) in [5.74, 6) is 0.314. The van der Waals surface area contributed by atoms with Crippen LogP contribution in [0.2, 0.25) is 0 Å². The van der Waals surface area contributed by atoms with Gasteiger partial charge in [0.05, 0.1) is 5.71 Å². The molecule has 5 nitrogen and oxygen atoms in total. The maximum Gasteiger partial charge on any atom is 0.252 e. The Kier molecular flexibility index (Phi) is 5.39. The molecule has 26 heavy (non-hydrogen) atoms. The van der Waals surface area contributed by atoms with Crippen LogP contribution in [-0.4, -0.2) is 15.7 Å². The quantitative estimate of drug-likeness (QED) is 0.543. The third-order valence-electron chi connectivity index (χ3n) is 3.80. The number of nitrogens with one attached hydrogen (secondary N) is 2. The van der Waals surface area contributed by atoms with Crippen LogP contribution >= 0.6 is 0 Å². The van der Waals surface area contributed by atoms with Crippen molar-refractivity contribution in [1.29, 1.82) is 0 Å². The SMILES string of the molecule is C/C(=C\C(=N/Nc1nc(C)cc(=O)[nH]1)c1ccccc1)c1ccccc1. The molecule has 3 rings (SSSR count). The second-order valence-electron chi connectivity index (χ2n) is 5.90. The summed E-state index contributed by atoms with van der Waals surface area (Å²) in [5.41, 5.74) is 7.19. The van der Waals surface area contributed by atoms with Crippen molar-refractivity contribution < 1.29 is 0 Å². The Hall–Kier alpha value is -3.47. The van der Waals surface area contributed by atoms with Gasteiger partial charge in [0.2, 0.25) is 5.95 Å². The molecular weight excluding hydrogens is 324 g/mol. The predicted octanol–water partition coefficient (Wildman–Crippen LogP) is 4.00. The molecule has 5 heteroatoms. The molecule has 1 aromatic heterocycles. The Morgan fingerprint density at radius 1 is 1.04 bits per heavy atom. The summed E-state index contributed by atoms with van der Waals surface area (Å²) >= 11 is 0. The molecule has 0 unspecified atom stereocenters. The summed E-state index contributed by atoms with van der Waals surface area (Å²) in [6.07, 6.45) is 2.01. The van der Waals surface area contributed by atoms with Gasteiger partial charge in [-0.3, -0.25) is 9.78 Å². The van der Waals surface area contributed by atoms with Crippen LogP contribution in [0.25, 0.3) is 5.57 Å². The van der Waals surface area contributed by atoms with Gasteiger partial charge >= 0.3 is 0 Å². The number of hydrogen-bond donors (Lipinski definition) is 2. The van der Waals surface area contributed by atoms with Crippen LogP contribution in [0.4, 0.5) is 5.95 Å². The van der Waals surface area contributed by atoms with Crippen LogP contribution < -0.4 is 11.0 Å². The molecule has 0 atom stereocenters. The summed E-state index contributed by atoms with van der Waals surface area (Å²) in [5, 5.41) is 4.47. The van der Waals surface area contributed by atoms with Gasteiger partial charge in [-0.25, -0.2) is 10.4 Å². The number of H-pyrrole nitrogens is 1. The molecule has 0 radical (unpaired) electrons. The largest absolute Gasteiger partial charge is 0.291 e. The minimum Gasteiger partial charge on any atom is -0.291 e. The van der Waals surface area contributed by atoms with E-state index in [2.05, 4.69) is 32.6 Å². The summed E-state index contributed by atoms with van der Waals surface area (Å²) in [7, 11) is 0. The maximum absolute atomic E-state index is 11.6. The van der Waals surface area contributed by atoms with E-state index in [4.69, 9.17) is 0 Å². The molecule has 0 spiro atoms. The Labute approximate surface area is 152 Å². The number of nitrogens with zero attached hydrogens (tertiary/aromatic N) is 2. The maximum atomic E-state index is 11.6. The molecule has 0 saturated heterocycles. The van der Waals surface area contributed by atoms with E-state index in [-0.39, 0.29) is 5.56 Å². The van der Waals surface area contributed by atoms with Crippen molar-refractivity contribution in [1.82, 2.24) is 9.97 Å². The molecule has 0 amide bonds. The van der Waals surface area contributed by atoms with Crippen LogP contribution in [0.3, 0.4) is 0 Å². The minimum atomic E-state index is -0.215. The fourth-order valence-electron chi connectivity index (χ4n) is 2.52. The first-order valence-corrected chi connectivity index (χ1v) is 8.32. The van der Waals surface area contributed by atoms with Crippen LogP contribution in [0, 0.1) is 6.92 Å². The first-order chi connectivity index (χ1) is 12.6. The van der Waals surface area contributed by atoms with E-state index >= 15 is 0 Å². The molecule has 0 fully saturated rings. The molecule has 0 bridgehead atoms. The van der Waals surface area contributed by atoms with Gasteiger partial charge in [-0.15, -0.1) is 0 Å². The van der Waals surface area contributed by atoms with E-state index in [0.717, 1.165) is 22.4 Å². The number of anilines is 1. The van der Waals surface area contributed by atoms with Gasteiger partial charge < -0.3 is 0 Å². The molecular formula is C21H20N4O. The average Bonchev–Trinajstić information content (AvgIpc) is 2.65. The molecule has 0 aliphatic heterocycles. The fraction of sp³-hybridized carbons (Fsp3) is 0.0952. The van der Waals surface area contributed by atoms with E-state index in [1.54, 1.807) is 6.92 Å². The van der Waals surface area contributed by atoms with Gasteiger partial charge in [-0.2, -0.15) is 5.10 Å². The highest BCUT2D eigenvalue weighted by Crippen LogP contribution is 2.15. The standard InChI is InChI=1S/C21H20N4O/c1-15(17-9-5-3-6-10-17)13-19(18-11-7-4-8-12-18)24-25-21-22-16(2)14-20(26)23-21/h3-14H,1-2H3,(H2,22,23,25,26)/b15-13+,24-19+. The highest BCUT2D eigenvalue weighted by molar-refractivity contribution is 6.12. The topological polar surface area (TPSA) is 70.1 Å². The summed E-state index contributed by atoms with van der Waals surface area (Å²) in [4.78, 5) is 18.5. The zero-order valence-electron chi connectivity index (χ0n) is 14.7. The summed E-state index contributed by atoms with van der Waals surface area (Å²) in [6, 6.07) is 21.4. The van der Waals surface area contributed by atoms with Crippen molar-refractivity contribution in [3.63, 3.8) is 0 Å². The smallest absolute Gasteiger partial charge is 0.252 e. The van der Waals surface area contributed by atoms with Crippen molar-refractivity contribution >= 4 is 17.2 Å². The number of hydrazone groups is 1. The van der Waals surface area contributed by atoms with Gasteiger partial charge in [0.25, 0.3) is 5.56 Å². The van der Waals surface area contributed by atoms with Crippen LogP contribution in [0.1, 0.15) is 23.7 Å².